The first-order valence-electron chi connectivity index (χ1n) is 12.4. The van der Waals surface area contributed by atoms with Crippen LogP contribution in [0.25, 0.3) is 0 Å². The maximum absolute atomic E-state index is 13.0. The fraction of sp³-hybridized carbons (Fsp3) is 0.462. The number of amides is 2. The van der Waals surface area contributed by atoms with Crippen molar-refractivity contribution in [1.82, 2.24) is 14.5 Å². The summed E-state index contributed by atoms with van der Waals surface area (Å²) in [6.07, 6.45) is 1.98. The normalized spacial score (nSPS) is 19.2. The van der Waals surface area contributed by atoms with Crippen molar-refractivity contribution in [3.05, 3.63) is 65.2 Å². The van der Waals surface area contributed by atoms with Gasteiger partial charge in [-0.25, -0.2) is 8.42 Å². The Hall–Kier alpha value is -2.79. The predicted molar refractivity (Wildman–Crippen MR) is 138 cm³/mol. The highest BCUT2D eigenvalue weighted by Crippen LogP contribution is 2.18. The maximum atomic E-state index is 13.0. The van der Waals surface area contributed by atoms with Gasteiger partial charge in [0.25, 0.3) is 11.8 Å². The van der Waals surface area contributed by atoms with Crippen LogP contribution in [-0.4, -0.2) is 80.6 Å². The van der Waals surface area contributed by atoms with Gasteiger partial charge in [0.2, 0.25) is 10.0 Å². The molecule has 0 bridgehead atoms. The number of anilines is 1. The first kappa shape index (κ1) is 26.3. The van der Waals surface area contributed by atoms with Crippen LogP contribution < -0.4 is 10.6 Å². The number of carbonyl (C=O) groups excluding carboxylic acids is 2. The summed E-state index contributed by atoms with van der Waals surface area (Å²) in [6, 6.07) is 14.3. The molecule has 9 nitrogen and oxygen atoms in total. The minimum Gasteiger partial charge on any atom is -0.376 e. The molecule has 2 saturated heterocycles. The van der Waals surface area contributed by atoms with Gasteiger partial charge in [-0.05, 0) is 49.6 Å². The molecule has 1 atom stereocenters. The first-order chi connectivity index (χ1) is 17.4. The van der Waals surface area contributed by atoms with Crippen molar-refractivity contribution in [2.45, 2.75) is 32.4 Å². The summed E-state index contributed by atoms with van der Waals surface area (Å²) in [6.45, 7) is 5.70. The lowest BCUT2D eigenvalue weighted by Crippen LogP contribution is -2.48. The fourth-order valence-electron chi connectivity index (χ4n) is 4.51. The molecular formula is C26H34N4O5S. The van der Waals surface area contributed by atoms with Gasteiger partial charge in [0.1, 0.15) is 0 Å². The van der Waals surface area contributed by atoms with Crippen LogP contribution in [-0.2, 0) is 21.3 Å². The molecule has 0 spiro atoms. The van der Waals surface area contributed by atoms with E-state index in [4.69, 9.17) is 4.74 Å². The van der Waals surface area contributed by atoms with Gasteiger partial charge in [0, 0.05) is 51.4 Å². The van der Waals surface area contributed by atoms with Crippen molar-refractivity contribution in [3.63, 3.8) is 0 Å². The number of rotatable bonds is 9. The number of benzene rings is 2. The lowest BCUT2D eigenvalue weighted by Gasteiger charge is -2.33. The summed E-state index contributed by atoms with van der Waals surface area (Å²) in [5.74, 6) is -0.432. The Kier molecular flexibility index (Phi) is 8.73. The third kappa shape index (κ3) is 6.70. The number of hydrogen-bond donors (Lipinski definition) is 2. The molecule has 2 aliphatic heterocycles. The second-order valence-electron chi connectivity index (χ2n) is 9.12. The molecular weight excluding hydrogens is 480 g/mol. The van der Waals surface area contributed by atoms with Crippen molar-refractivity contribution in [1.29, 1.82) is 0 Å². The van der Waals surface area contributed by atoms with Crippen molar-refractivity contribution in [2.75, 3.05) is 50.4 Å². The van der Waals surface area contributed by atoms with E-state index in [2.05, 4.69) is 15.5 Å². The maximum Gasteiger partial charge on any atom is 0.255 e. The topological polar surface area (TPSA) is 108 Å². The number of sulfonamides is 1. The van der Waals surface area contributed by atoms with Gasteiger partial charge in [0.05, 0.1) is 23.1 Å². The zero-order valence-electron chi connectivity index (χ0n) is 20.6. The summed E-state index contributed by atoms with van der Waals surface area (Å²) >= 11 is 0. The van der Waals surface area contributed by atoms with Gasteiger partial charge in [-0.1, -0.05) is 24.3 Å². The summed E-state index contributed by atoms with van der Waals surface area (Å²) < 4.78 is 31.3. The minimum atomic E-state index is -3.16. The third-order valence-corrected chi connectivity index (χ3v) is 8.50. The molecule has 2 N–H and O–H groups in total. The Balaban J connectivity index is 1.36. The molecule has 36 heavy (non-hydrogen) atoms. The number of nitrogens with one attached hydrogen (secondary N) is 2. The molecule has 0 saturated carbocycles. The molecule has 4 rings (SSSR count). The molecule has 10 heteroatoms. The van der Waals surface area contributed by atoms with Crippen molar-refractivity contribution in [2.24, 2.45) is 0 Å². The van der Waals surface area contributed by atoms with E-state index in [0.29, 0.717) is 56.1 Å². The zero-order chi connectivity index (χ0) is 25.5. The van der Waals surface area contributed by atoms with E-state index in [1.54, 1.807) is 41.6 Å². The first-order valence-corrected chi connectivity index (χ1v) is 14.1. The standard InChI is InChI=1S/C26H34N4O5S/c1-2-36(33,34)30-14-12-29(13-15-30)19-20-7-5-8-21(17-20)25(31)28-24-11-4-3-10-23(24)26(32)27-18-22-9-6-16-35-22/h3-5,7-8,10-11,17,22H,2,6,9,12-16,18-19H2,1H3,(H,27,32)(H,28,31). The van der Waals surface area contributed by atoms with Crippen molar-refractivity contribution in [3.8, 4) is 0 Å². The van der Waals surface area contributed by atoms with Gasteiger partial charge in [-0.3, -0.25) is 14.5 Å². The van der Waals surface area contributed by atoms with E-state index in [0.717, 1.165) is 25.0 Å². The van der Waals surface area contributed by atoms with E-state index in [1.165, 1.54) is 0 Å². The van der Waals surface area contributed by atoms with Crippen LogP contribution in [0.15, 0.2) is 48.5 Å². The molecule has 0 radical (unpaired) electrons. The van der Waals surface area contributed by atoms with Crippen LogP contribution in [0.1, 0.15) is 46.0 Å². The summed E-state index contributed by atoms with van der Waals surface area (Å²) in [5.41, 5.74) is 2.32. The number of piperazine rings is 1. The van der Waals surface area contributed by atoms with E-state index in [1.807, 2.05) is 18.2 Å². The highest BCUT2D eigenvalue weighted by molar-refractivity contribution is 7.89. The Labute approximate surface area is 212 Å². The van der Waals surface area contributed by atoms with Gasteiger partial charge >= 0.3 is 0 Å². The number of nitrogens with zero attached hydrogens (tertiary/aromatic N) is 2. The Morgan fingerprint density at radius 3 is 2.53 bits per heavy atom. The van der Waals surface area contributed by atoms with Gasteiger partial charge in [-0.2, -0.15) is 4.31 Å². The SMILES string of the molecule is CCS(=O)(=O)N1CCN(Cc2cccc(C(=O)Nc3ccccc3C(=O)NCC3CCCO3)c2)CC1. The Morgan fingerprint density at radius 2 is 1.81 bits per heavy atom. The summed E-state index contributed by atoms with van der Waals surface area (Å²) in [4.78, 5) is 28.0. The van der Waals surface area contributed by atoms with Crippen LogP contribution >= 0.6 is 0 Å². The molecule has 2 aromatic carbocycles. The highest BCUT2D eigenvalue weighted by atomic mass is 32.2. The molecule has 2 fully saturated rings. The Morgan fingerprint density at radius 1 is 1.03 bits per heavy atom. The summed E-state index contributed by atoms with van der Waals surface area (Å²) in [7, 11) is -3.16. The predicted octanol–water partition coefficient (Wildman–Crippen LogP) is 2.31. The minimum absolute atomic E-state index is 0.0393. The molecule has 194 valence electrons. The lowest BCUT2D eigenvalue weighted by molar-refractivity contribution is 0.0858. The van der Waals surface area contributed by atoms with E-state index in [-0.39, 0.29) is 23.7 Å². The highest BCUT2D eigenvalue weighted by Gasteiger charge is 2.25. The van der Waals surface area contributed by atoms with Crippen LogP contribution in [0, 0.1) is 0 Å². The molecule has 2 amide bonds. The molecule has 0 aliphatic carbocycles. The van der Waals surface area contributed by atoms with E-state index >= 15 is 0 Å². The van der Waals surface area contributed by atoms with Crippen LogP contribution in [0.5, 0.6) is 0 Å². The summed E-state index contributed by atoms with van der Waals surface area (Å²) in [5, 5.41) is 5.78. The second-order valence-corrected chi connectivity index (χ2v) is 11.4. The van der Waals surface area contributed by atoms with Gasteiger partial charge in [-0.15, -0.1) is 0 Å². The third-order valence-electron chi connectivity index (χ3n) is 6.62. The molecule has 2 aliphatic rings. The smallest absolute Gasteiger partial charge is 0.255 e. The quantitative estimate of drug-likeness (QED) is 0.532. The van der Waals surface area contributed by atoms with Crippen molar-refractivity contribution >= 4 is 27.5 Å². The lowest BCUT2D eigenvalue weighted by atomic mass is 10.1. The van der Waals surface area contributed by atoms with Crippen molar-refractivity contribution < 1.29 is 22.7 Å². The van der Waals surface area contributed by atoms with Crippen LogP contribution in [0.3, 0.4) is 0 Å². The van der Waals surface area contributed by atoms with Crippen LogP contribution in [0.2, 0.25) is 0 Å². The molecule has 2 heterocycles. The largest absolute Gasteiger partial charge is 0.376 e. The number of ether oxygens (including phenoxy) is 1. The van der Waals surface area contributed by atoms with E-state index in [9.17, 15) is 18.0 Å². The monoisotopic (exact) mass is 514 g/mol. The Bertz CT molecular complexity index is 1170. The molecule has 2 aromatic rings. The zero-order valence-corrected chi connectivity index (χ0v) is 21.4. The molecule has 1 unspecified atom stereocenters. The van der Waals surface area contributed by atoms with Gasteiger partial charge in [0.15, 0.2) is 0 Å². The average Bonchev–Trinajstić information content (AvgIpc) is 3.42. The van der Waals surface area contributed by atoms with E-state index < -0.39 is 10.0 Å². The fourth-order valence-corrected chi connectivity index (χ4v) is 5.59. The average molecular weight is 515 g/mol. The number of carbonyl (C=O) groups is 2. The number of hydrogen-bond acceptors (Lipinski definition) is 6. The van der Waals surface area contributed by atoms with Crippen LogP contribution in [0.4, 0.5) is 5.69 Å². The second kappa shape index (κ2) is 12.0. The molecule has 0 aromatic heterocycles. The number of para-hydroxylation sites is 1. The van der Waals surface area contributed by atoms with Gasteiger partial charge < -0.3 is 15.4 Å².